The molecule has 156 valence electrons. The Balaban J connectivity index is 1.57. The van der Waals surface area contributed by atoms with Crippen molar-refractivity contribution in [2.24, 2.45) is 0 Å². The van der Waals surface area contributed by atoms with Crippen molar-refractivity contribution < 1.29 is 9.53 Å². The van der Waals surface area contributed by atoms with Crippen LogP contribution in [0.4, 0.5) is 11.4 Å². The maximum absolute atomic E-state index is 12.4. The summed E-state index contributed by atoms with van der Waals surface area (Å²) in [6, 6.07) is 10.0. The van der Waals surface area contributed by atoms with E-state index in [9.17, 15) is 4.79 Å². The number of nitrogens with one attached hydrogen (secondary N) is 1. The van der Waals surface area contributed by atoms with Gasteiger partial charge < -0.3 is 24.8 Å². The predicted molar refractivity (Wildman–Crippen MR) is 117 cm³/mol. The lowest BCUT2D eigenvalue weighted by Crippen LogP contribution is -2.46. The first-order chi connectivity index (χ1) is 14.1. The van der Waals surface area contributed by atoms with E-state index < -0.39 is 0 Å². The second kappa shape index (κ2) is 10.1. The summed E-state index contributed by atoms with van der Waals surface area (Å²) in [5, 5.41) is 2.98. The zero-order valence-corrected chi connectivity index (χ0v) is 17.6. The van der Waals surface area contributed by atoms with Gasteiger partial charge in [-0.3, -0.25) is 9.78 Å². The number of amides is 1. The van der Waals surface area contributed by atoms with Crippen LogP contribution in [0.25, 0.3) is 0 Å². The first-order valence-corrected chi connectivity index (χ1v) is 10.1. The van der Waals surface area contributed by atoms with E-state index in [1.165, 1.54) is 0 Å². The zero-order chi connectivity index (χ0) is 20.6. The largest absolute Gasteiger partial charge is 0.495 e. The normalized spacial score (nSPS) is 14.2. The minimum Gasteiger partial charge on any atom is -0.495 e. The summed E-state index contributed by atoms with van der Waals surface area (Å²) >= 11 is 0. The van der Waals surface area contributed by atoms with E-state index in [2.05, 4.69) is 31.1 Å². The number of nitrogens with zero attached hydrogens (tertiary/aromatic N) is 4. The molecule has 1 saturated heterocycles. The molecule has 3 rings (SSSR count). The van der Waals surface area contributed by atoms with Gasteiger partial charge in [-0.25, -0.2) is 0 Å². The molecule has 1 aromatic heterocycles. The molecule has 1 aromatic carbocycles. The molecule has 7 heteroatoms. The van der Waals surface area contributed by atoms with Gasteiger partial charge in [0.15, 0.2) is 0 Å². The Kier molecular flexibility index (Phi) is 7.30. The van der Waals surface area contributed by atoms with Crippen molar-refractivity contribution in [3.05, 3.63) is 48.3 Å². The molecule has 29 heavy (non-hydrogen) atoms. The van der Waals surface area contributed by atoms with Crippen LogP contribution in [0.2, 0.25) is 0 Å². The predicted octanol–water partition coefficient (Wildman–Crippen LogP) is 2.10. The van der Waals surface area contributed by atoms with Crippen LogP contribution in [0.5, 0.6) is 5.75 Å². The molecule has 0 radical (unpaired) electrons. The summed E-state index contributed by atoms with van der Waals surface area (Å²) in [4.78, 5) is 23.5. The molecule has 1 aliphatic rings. The SMILES string of the molecule is COc1ccccc1N1CCN(c2cncc(C(=O)NCCCN(C)C)c2)CC1. The summed E-state index contributed by atoms with van der Waals surface area (Å²) in [5.41, 5.74) is 2.73. The maximum Gasteiger partial charge on any atom is 0.252 e. The fourth-order valence-electron chi connectivity index (χ4n) is 3.52. The summed E-state index contributed by atoms with van der Waals surface area (Å²) in [7, 11) is 5.77. The van der Waals surface area contributed by atoms with E-state index in [1.54, 1.807) is 13.3 Å². The van der Waals surface area contributed by atoms with E-state index in [0.29, 0.717) is 12.1 Å². The molecule has 1 aliphatic heterocycles. The van der Waals surface area contributed by atoms with Crippen LogP contribution in [0.3, 0.4) is 0 Å². The lowest BCUT2D eigenvalue weighted by atomic mass is 10.2. The van der Waals surface area contributed by atoms with Crippen molar-refractivity contribution >= 4 is 17.3 Å². The van der Waals surface area contributed by atoms with Gasteiger partial charge in [-0.2, -0.15) is 0 Å². The van der Waals surface area contributed by atoms with Crippen molar-refractivity contribution in [1.29, 1.82) is 0 Å². The lowest BCUT2D eigenvalue weighted by Gasteiger charge is -2.37. The first kappa shape index (κ1) is 20.9. The highest BCUT2D eigenvalue weighted by atomic mass is 16.5. The van der Waals surface area contributed by atoms with Crippen LogP contribution in [0, 0.1) is 0 Å². The van der Waals surface area contributed by atoms with E-state index in [4.69, 9.17) is 4.74 Å². The van der Waals surface area contributed by atoms with Gasteiger partial charge >= 0.3 is 0 Å². The molecule has 1 fully saturated rings. The Labute approximate surface area is 173 Å². The van der Waals surface area contributed by atoms with Gasteiger partial charge in [-0.15, -0.1) is 0 Å². The Morgan fingerprint density at radius 3 is 2.59 bits per heavy atom. The summed E-state index contributed by atoms with van der Waals surface area (Å²) < 4.78 is 5.49. The monoisotopic (exact) mass is 397 g/mol. The van der Waals surface area contributed by atoms with Crippen molar-refractivity contribution in [3.8, 4) is 5.75 Å². The van der Waals surface area contributed by atoms with Crippen LogP contribution in [-0.2, 0) is 0 Å². The average Bonchev–Trinajstić information content (AvgIpc) is 2.76. The van der Waals surface area contributed by atoms with Gasteiger partial charge in [-0.1, -0.05) is 12.1 Å². The average molecular weight is 398 g/mol. The standard InChI is InChI=1S/C22H31N5O2/c1-25(2)10-6-9-24-22(28)18-15-19(17-23-16-18)26-11-13-27(14-12-26)20-7-4-5-8-21(20)29-3/h4-5,7-8,15-17H,6,9-14H2,1-3H3,(H,24,28). The van der Waals surface area contributed by atoms with E-state index in [1.807, 2.05) is 44.6 Å². The van der Waals surface area contributed by atoms with Crippen LogP contribution >= 0.6 is 0 Å². The number of piperazine rings is 1. The van der Waals surface area contributed by atoms with Crippen LogP contribution in [-0.4, -0.2) is 76.3 Å². The molecule has 0 bridgehead atoms. The quantitative estimate of drug-likeness (QED) is 0.689. The molecule has 0 saturated carbocycles. The Hall–Kier alpha value is -2.80. The highest BCUT2D eigenvalue weighted by molar-refractivity contribution is 5.94. The third-order valence-electron chi connectivity index (χ3n) is 5.12. The molecule has 0 spiro atoms. The highest BCUT2D eigenvalue weighted by Crippen LogP contribution is 2.29. The number of hydrogen-bond donors (Lipinski definition) is 1. The number of benzene rings is 1. The van der Waals surface area contributed by atoms with E-state index >= 15 is 0 Å². The van der Waals surface area contributed by atoms with E-state index in [-0.39, 0.29) is 5.91 Å². The number of rotatable bonds is 8. The number of pyridine rings is 1. The summed E-state index contributed by atoms with van der Waals surface area (Å²) in [6.45, 7) is 5.14. The van der Waals surface area contributed by atoms with Crippen LogP contribution in [0.1, 0.15) is 16.8 Å². The minimum absolute atomic E-state index is 0.0641. The Morgan fingerprint density at radius 2 is 1.86 bits per heavy atom. The van der Waals surface area contributed by atoms with Gasteiger partial charge in [0.05, 0.1) is 30.2 Å². The number of carbonyl (C=O) groups is 1. The molecule has 7 nitrogen and oxygen atoms in total. The number of methoxy groups -OCH3 is 1. The highest BCUT2D eigenvalue weighted by Gasteiger charge is 2.20. The van der Waals surface area contributed by atoms with Gasteiger partial charge in [0.25, 0.3) is 5.91 Å². The lowest BCUT2D eigenvalue weighted by molar-refractivity contribution is 0.0952. The Morgan fingerprint density at radius 1 is 1.14 bits per heavy atom. The third kappa shape index (κ3) is 5.60. The molecular weight excluding hydrogens is 366 g/mol. The molecule has 1 N–H and O–H groups in total. The van der Waals surface area contributed by atoms with Gasteiger partial charge in [-0.05, 0) is 45.3 Å². The molecule has 0 aliphatic carbocycles. The van der Waals surface area contributed by atoms with Gasteiger partial charge in [0, 0.05) is 38.9 Å². The second-order valence-electron chi connectivity index (χ2n) is 7.49. The zero-order valence-electron chi connectivity index (χ0n) is 17.6. The molecular formula is C22H31N5O2. The van der Waals surface area contributed by atoms with E-state index in [0.717, 1.165) is 56.3 Å². The summed E-state index contributed by atoms with van der Waals surface area (Å²) in [6.07, 6.45) is 4.40. The Bertz CT molecular complexity index is 803. The van der Waals surface area contributed by atoms with Crippen molar-refractivity contribution in [2.75, 3.05) is 70.3 Å². The number of hydrogen-bond acceptors (Lipinski definition) is 6. The summed E-state index contributed by atoms with van der Waals surface area (Å²) in [5.74, 6) is 0.835. The van der Waals surface area contributed by atoms with Gasteiger partial charge in [0.2, 0.25) is 0 Å². The molecule has 0 unspecified atom stereocenters. The second-order valence-corrected chi connectivity index (χ2v) is 7.49. The molecule has 2 aromatic rings. The van der Waals surface area contributed by atoms with Crippen LogP contribution in [0.15, 0.2) is 42.7 Å². The number of anilines is 2. The third-order valence-corrected chi connectivity index (χ3v) is 5.12. The molecule has 2 heterocycles. The topological polar surface area (TPSA) is 60.9 Å². The fourth-order valence-corrected chi connectivity index (χ4v) is 3.52. The van der Waals surface area contributed by atoms with Gasteiger partial charge in [0.1, 0.15) is 5.75 Å². The number of carbonyl (C=O) groups excluding carboxylic acids is 1. The smallest absolute Gasteiger partial charge is 0.252 e. The number of aromatic nitrogens is 1. The maximum atomic E-state index is 12.4. The van der Waals surface area contributed by atoms with Crippen molar-refractivity contribution in [2.45, 2.75) is 6.42 Å². The fraction of sp³-hybridized carbons (Fsp3) is 0.455. The van der Waals surface area contributed by atoms with Crippen molar-refractivity contribution in [3.63, 3.8) is 0 Å². The number of para-hydroxylation sites is 2. The van der Waals surface area contributed by atoms with Crippen molar-refractivity contribution in [1.82, 2.24) is 15.2 Å². The number of ether oxygens (including phenoxy) is 1. The molecule has 1 amide bonds. The minimum atomic E-state index is -0.0641. The van der Waals surface area contributed by atoms with Crippen LogP contribution < -0.4 is 19.9 Å². The first-order valence-electron chi connectivity index (χ1n) is 10.1. The molecule has 0 atom stereocenters.